The topological polar surface area (TPSA) is 64.4 Å². The van der Waals surface area contributed by atoms with Crippen molar-refractivity contribution in [2.75, 3.05) is 38.6 Å². The number of benzene rings is 2. The van der Waals surface area contributed by atoms with Crippen LogP contribution in [-0.4, -0.2) is 58.8 Å². The Labute approximate surface area is 199 Å². The summed E-state index contributed by atoms with van der Waals surface area (Å²) >= 11 is 1.35. The highest BCUT2D eigenvalue weighted by Gasteiger charge is 2.17. The Morgan fingerprint density at radius 1 is 1.03 bits per heavy atom. The number of ketones is 1. The van der Waals surface area contributed by atoms with E-state index in [-0.39, 0.29) is 17.1 Å². The number of hydrogen-bond acceptors (Lipinski definition) is 6. The van der Waals surface area contributed by atoms with Crippen LogP contribution < -0.4 is 5.56 Å². The standard InChI is InChI=1S/C26H31N3O3S/c1-18-15-20(3)22(16-19(18)2)24(30)17-33-26-27-23-8-5-4-7-21(23)25(31)29(26)10-6-9-28-11-13-32-14-12-28/h4-5,7-8,15-16H,6,9-14,17H2,1-3H3. The highest BCUT2D eigenvalue weighted by Crippen LogP contribution is 2.22. The number of hydrogen-bond donors (Lipinski definition) is 0. The molecule has 2 aromatic carbocycles. The summed E-state index contributed by atoms with van der Waals surface area (Å²) in [5, 5.41) is 1.22. The Bertz CT molecular complexity index is 1220. The molecule has 0 radical (unpaired) electrons. The minimum absolute atomic E-state index is 0.0418. The van der Waals surface area contributed by atoms with Crippen molar-refractivity contribution in [2.24, 2.45) is 0 Å². The first-order valence-corrected chi connectivity index (χ1v) is 12.5. The fourth-order valence-electron chi connectivity index (χ4n) is 4.20. The molecular formula is C26H31N3O3S. The largest absolute Gasteiger partial charge is 0.379 e. The van der Waals surface area contributed by atoms with Crippen molar-refractivity contribution in [2.45, 2.75) is 38.9 Å². The summed E-state index contributed by atoms with van der Waals surface area (Å²) in [5.41, 5.74) is 4.65. The summed E-state index contributed by atoms with van der Waals surface area (Å²) in [6, 6.07) is 11.5. The van der Waals surface area contributed by atoms with Gasteiger partial charge >= 0.3 is 0 Å². The normalized spacial score (nSPS) is 14.6. The lowest BCUT2D eigenvalue weighted by Crippen LogP contribution is -2.37. The van der Waals surface area contributed by atoms with E-state index in [2.05, 4.69) is 17.9 Å². The van der Waals surface area contributed by atoms with Crippen molar-refractivity contribution in [1.29, 1.82) is 0 Å². The molecule has 4 rings (SSSR count). The van der Waals surface area contributed by atoms with E-state index < -0.39 is 0 Å². The summed E-state index contributed by atoms with van der Waals surface area (Å²) in [5.74, 6) is 0.306. The maximum Gasteiger partial charge on any atom is 0.262 e. The van der Waals surface area contributed by atoms with Crippen LogP contribution in [0.2, 0.25) is 0 Å². The first-order valence-electron chi connectivity index (χ1n) is 11.5. The lowest BCUT2D eigenvalue weighted by molar-refractivity contribution is 0.0368. The Balaban J connectivity index is 1.55. The third-order valence-electron chi connectivity index (χ3n) is 6.26. The van der Waals surface area contributed by atoms with Gasteiger partial charge in [-0.25, -0.2) is 4.98 Å². The number of para-hydroxylation sites is 1. The molecule has 3 aromatic rings. The molecular weight excluding hydrogens is 434 g/mol. The van der Waals surface area contributed by atoms with Gasteiger partial charge in [0.15, 0.2) is 10.9 Å². The summed E-state index contributed by atoms with van der Waals surface area (Å²) in [4.78, 5) is 33.4. The molecule has 0 atom stereocenters. The molecule has 7 heteroatoms. The van der Waals surface area contributed by atoms with Gasteiger partial charge < -0.3 is 4.74 Å². The van der Waals surface area contributed by atoms with Gasteiger partial charge in [-0.1, -0.05) is 30.0 Å². The number of Topliss-reactive ketones (excluding diaryl/α,β-unsaturated/α-hetero) is 1. The summed E-state index contributed by atoms with van der Waals surface area (Å²) in [7, 11) is 0. The maximum atomic E-state index is 13.3. The number of aryl methyl sites for hydroxylation is 3. The van der Waals surface area contributed by atoms with E-state index in [4.69, 9.17) is 9.72 Å². The van der Waals surface area contributed by atoms with Crippen LogP contribution in [0, 0.1) is 20.8 Å². The van der Waals surface area contributed by atoms with Crippen molar-refractivity contribution in [3.05, 3.63) is 69.0 Å². The SMILES string of the molecule is Cc1cc(C)c(C(=O)CSc2nc3ccccc3c(=O)n2CCCN2CCOCC2)cc1C. The van der Waals surface area contributed by atoms with Crippen LogP contribution in [0.15, 0.2) is 46.3 Å². The number of rotatable bonds is 8. The molecule has 33 heavy (non-hydrogen) atoms. The molecule has 6 nitrogen and oxygen atoms in total. The fraction of sp³-hybridized carbons (Fsp3) is 0.423. The number of carbonyl (C=O) groups is 1. The minimum atomic E-state index is -0.0418. The van der Waals surface area contributed by atoms with Gasteiger partial charge in [0.25, 0.3) is 5.56 Å². The van der Waals surface area contributed by atoms with Gasteiger partial charge in [-0.05, 0) is 62.1 Å². The third kappa shape index (κ3) is 5.54. The number of fused-ring (bicyclic) bond motifs is 1. The fourth-order valence-corrected chi connectivity index (χ4v) is 5.11. The first-order chi connectivity index (χ1) is 15.9. The molecule has 1 saturated heterocycles. The summed E-state index contributed by atoms with van der Waals surface area (Å²) in [6.45, 7) is 10.9. The Morgan fingerprint density at radius 3 is 2.55 bits per heavy atom. The minimum Gasteiger partial charge on any atom is -0.379 e. The molecule has 174 valence electrons. The molecule has 0 saturated carbocycles. The smallest absolute Gasteiger partial charge is 0.262 e. The van der Waals surface area contributed by atoms with Crippen molar-refractivity contribution in [1.82, 2.24) is 14.5 Å². The quantitative estimate of drug-likeness (QED) is 0.284. The van der Waals surface area contributed by atoms with Crippen LogP contribution >= 0.6 is 11.8 Å². The second-order valence-electron chi connectivity index (χ2n) is 8.64. The Morgan fingerprint density at radius 2 is 1.76 bits per heavy atom. The van der Waals surface area contributed by atoms with Crippen LogP contribution in [0.1, 0.15) is 33.5 Å². The lowest BCUT2D eigenvalue weighted by Gasteiger charge is -2.26. The molecule has 2 heterocycles. The van der Waals surface area contributed by atoms with Gasteiger partial charge in [0.1, 0.15) is 0 Å². The van der Waals surface area contributed by atoms with Gasteiger partial charge in [-0.15, -0.1) is 0 Å². The van der Waals surface area contributed by atoms with E-state index in [0.717, 1.165) is 56.0 Å². The number of nitrogens with zero attached hydrogens (tertiary/aromatic N) is 3. The van der Waals surface area contributed by atoms with Crippen LogP contribution in [-0.2, 0) is 11.3 Å². The first kappa shape index (κ1) is 23.7. The van der Waals surface area contributed by atoms with Crippen molar-refractivity contribution in [3.63, 3.8) is 0 Å². The van der Waals surface area contributed by atoms with E-state index in [0.29, 0.717) is 22.6 Å². The number of thioether (sulfide) groups is 1. The highest BCUT2D eigenvalue weighted by molar-refractivity contribution is 7.99. The zero-order valence-electron chi connectivity index (χ0n) is 19.6. The maximum absolute atomic E-state index is 13.3. The average molecular weight is 466 g/mol. The molecule has 0 aliphatic carbocycles. The van der Waals surface area contributed by atoms with Crippen LogP contribution in [0.3, 0.4) is 0 Å². The van der Waals surface area contributed by atoms with Gasteiger partial charge in [-0.2, -0.15) is 0 Å². The molecule has 0 amide bonds. The van der Waals surface area contributed by atoms with Crippen molar-refractivity contribution < 1.29 is 9.53 Å². The summed E-state index contributed by atoms with van der Waals surface area (Å²) < 4.78 is 7.17. The molecule has 0 bridgehead atoms. The van der Waals surface area contributed by atoms with E-state index in [1.807, 2.05) is 44.2 Å². The molecule has 1 fully saturated rings. The van der Waals surface area contributed by atoms with Gasteiger partial charge in [0.2, 0.25) is 0 Å². The van der Waals surface area contributed by atoms with E-state index >= 15 is 0 Å². The van der Waals surface area contributed by atoms with Gasteiger partial charge in [0.05, 0.1) is 29.9 Å². The van der Waals surface area contributed by atoms with Crippen LogP contribution in [0.5, 0.6) is 0 Å². The molecule has 1 aliphatic heterocycles. The van der Waals surface area contributed by atoms with E-state index in [1.54, 1.807) is 4.57 Å². The molecule has 0 N–H and O–H groups in total. The number of aromatic nitrogens is 2. The third-order valence-corrected chi connectivity index (χ3v) is 7.24. The Kier molecular flexibility index (Phi) is 7.63. The summed E-state index contributed by atoms with van der Waals surface area (Å²) in [6.07, 6.45) is 0.845. The predicted molar refractivity (Wildman–Crippen MR) is 134 cm³/mol. The van der Waals surface area contributed by atoms with Crippen molar-refractivity contribution in [3.8, 4) is 0 Å². The molecule has 1 aromatic heterocycles. The number of carbonyl (C=O) groups excluding carboxylic acids is 1. The number of ether oxygens (including phenoxy) is 1. The Hall–Kier alpha value is -2.48. The number of morpholine rings is 1. The zero-order valence-corrected chi connectivity index (χ0v) is 20.4. The second kappa shape index (κ2) is 10.6. The lowest BCUT2D eigenvalue weighted by atomic mass is 9.99. The zero-order chi connectivity index (χ0) is 23.4. The van der Waals surface area contributed by atoms with Crippen LogP contribution in [0.25, 0.3) is 10.9 Å². The highest BCUT2D eigenvalue weighted by atomic mass is 32.2. The van der Waals surface area contributed by atoms with Gasteiger partial charge in [-0.3, -0.25) is 19.1 Å². The van der Waals surface area contributed by atoms with Gasteiger partial charge in [0, 0.05) is 31.7 Å². The molecule has 0 spiro atoms. The second-order valence-corrected chi connectivity index (χ2v) is 9.58. The predicted octanol–water partition coefficient (Wildman–Crippen LogP) is 4.02. The van der Waals surface area contributed by atoms with E-state index in [9.17, 15) is 9.59 Å². The van der Waals surface area contributed by atoms with E-state index in [1.165, 1.54) is 17.3 Å². The average Bonchev–Trinajstić information content (AvgIpc) is 2.82. The molecule has 0 unspecified atom stereocenters. The van der Waals surface area contributed by atoms with Crippen molar-refractivity contribution >= 4 is 28.4 Å². The monoisotopic (exact) mass is 465 g/mol. The van der Waals surface area contributed by atoms with Crippen LogP contribution in [0.4, 0.5) is 0 Å². The molecule has 1 aliphatic rings.